The largest absolute Gasteiger partial charge is 0.397 e. The van der Waals surface area contributed by atoms with Crippen molar-refractivity contribution in [2.24, 2.45) is 5.92 Å². The van der Waals surface area contributed by atoms with Crippen LogP contribution in [0.4, 0.5) is 11.4 Å². The zero-order chi connectivity index (χ0) is 14.5. The molecule has 1 amide bonds. The number of hydrogen-bond acceptors (Lipinski definition) is 3. The van der Waals surface area contributed by atoms with Crippen molar-refractivity contribution >= 4 is 40.6 Å². The van der Waals surface area contributed by atoms with Gasteiger partial charge in [-0.2, -0.15) is 0 Å². The zero-order valence-corrected chi connectivity index (χ0v) is 13.3. The Balaban J connectivity index is 1.82. The van der Waals surface area contributed by atoms with E-state index in [9.17, 15) is 4.79 Å². The van der Waals surface area contributed by atoms with Gasteiger partial charge in [0.05, 0.1) is 17.1 Å². The number of benzene rings is 1. The molecule has 5 heteroatoms. The Morgan fingerprint density at radius 2 is 2.30 bits per heavy atom. The lowest BCUT2D eigenvalue weighted by molar-refractivity contribution is -0.113. The van der Waals surface area contributed by atoms with Crippen LogP contribution in [-0.4, -0.2) is 16.9 Å². The smallest absolute Gasteiger partial charge is 0.234 e. The molecule has 20 heavy (non-hydrogen) atoms. The first-order valence-corrected chi connectivity index (χ1v) is 8.43. The summed E-state index contributed by atoms with van der Waals surface area (Å²) in [6.45, 7) is 2.29. The van der Waals surface area contributed by atoms with Crippen LogP contribution in [0.25, 0.3) is 0 Å². The van der Waals surface area contributed by atoms with Crippen LogP contribution in [0.5, 0.6) is 0 Å². The molecule has 2 rings (SSSR count). The molecule has 0 radical (unpaired) electrons. The third-order valence-corrected chi connectivity index (χ3v) is 5.19. The Bertz CT molecular complexity index is 481. The highest BCUT2D eigenvalue weighted by Crippen LogP contribution is 2.32. The molecule has 1 aliphatic carbocycles. The normalized spacial score (nSPS) is 22.5. The molecule has 1 aliphatic rings. The highest BCUT2D eigenvalue weighted by atomic mass is 35.5. The minimum Gasteiger partial charge on any atom is -0.397 e. The summed E-state index contributed by atoms with van der Waals surface area (Å²) in [7, 11) is 0. The monoisotopic (exact) mass is 312 g/mol. The van der Waals surface area contributed by atoms with E-state index in [4.69, 9.17) is 17.3 Å². The average molecular weight is 313 g/mol. The van der Waals surface area contributed by atoms with Crippen LogP contribution in [-0.2, 0) is 4.79 Å². The molecular formula is C15H21ClN2OS. The summed E-state index contributed by atoms with van der Waals surface area (Å²) >= 11 is 7.66. The second kappa shape index (κ2) is 7.23. The van der Waals surface area contributed by atoms with Crippen molar-refractivity contribution in [3.05, 3.63) is 23.2 Å². The Kier molecular flexibility index (Phi) is 5.61. The maximum absolute atomic E-state index is 12.0. The molecule has 0 spiro atoms. The number of thioether (sulfide) groups is 1. The lowest BCUT2D eigenvalue weighted by Crippen LogP contribution is -2.20. The number of anilines is 2. The Hall–Kier alpha value is -0.870. The van der Waals surface area contributed by atoms with Gasteiger partial charge in [0.1, 0.15) is 0 Å². The first-order valence-electron chi connectivity index (χ1n) is 7.01. The van der Waals surface area contributed by atoms with Gasteiger partial charge in [0.25, 0.3) is 0 Å². The summed E-state index contributed by atoms with van der Waals surface area (Å²) in [6.07, 6.45) is 5.04. The van der Waals surface area contributed by atoms with Crippen LogP contribution in [0.3, 0.4) is 0 Å². The number of nitrogens with one attached hydrogen (secondary N) is 1. The molecule has 0 bridgehead atoms. The highest BCUT2D eigenvalue weighted by molar-refractivity contribution is 8.00. The summed E-state index contributed by atoms with van der Waals surface area (Å²) in [6, 6.07) is 5.10. The second-order valence-corrected chi connectivity index (χ2v) is 7.21. The van der Waals surface area contributed by atoms with E-state index in [-0.39, 0.29) is 5.91 Å². The van der Waals surface area contributed by atoms with E-state index in [1.165, 1.54) is 25.7 Å². The van der Waals surface area contributed by atoms with Crippen molar-refractivity contribution in [3.8, 4) is 0 Å². The van der Waals surface area contributed by atoms with E-state index in [1.807, 2.05) is 0 Å². The molecule has 3 N–H and O–H groups in total. The summed E-state index contributed by atoms with van der Waals surface area (Å²) in [5.74, 6) is 1.25. The number of carbonyl (C=O) groups is 1. The van der Waals surface area contributed by atoms with Crippen molar-refractivity contribution < 1.29 is 4.79 Å². The van der Waals surface area contributed by atoms with Gasteiger partial charge in [0.2, 0.25) is 5.91 Å². The molecule has 0 aromatic heterocycles. The molecule has 2 atom stereocenters. The van der Waals surface area contributed by atoms with Crippen LogP contribution in [0.2, 0.25) is 5.02 Å². The van der Waals surface area contributed by atoms with E-state index in [1.54, 1.807) is 30.0 Å². The molecule has 0 saturated heterocycles. The third-order valence-electron chi connectivity index (χ3n) is 3.63. The fraction of sp³-hybridized carbons (Fsp3) is 0.533. The molecular weight excluding hydrogens is 292 g/mol. The van der Waals surface area contributed by atoms with Crippen molar-refractivity contribution in [2.75, 3.05) is 16.8 Å². The Morgan fingerprint density at radius 1 is 1.50 bits per heavy atom. The fourth-order valence-corrected chi connectivity index (χ4v) is 3.98. The first-order chi connectivity index (χ1) is 9.54. The molecule has 1 fully saturated rings. The fourth-order valence-electron chi connectivity index (χ4n) is 2.55. The molecule has 110 valence electrons. The zero-order valence-electron chi connectivity index (χ0n) is 11.7. The van der Waals surface area contributed by atoms with Crippen molar-refractivity contribution in [3.63, 3.8) is 0 Å². The molecule has 1 saturated carbocycles. The highest BCUT2D eigenvalue weighted by Gasteiger charge is 2.20. The molecule has 1 aromatic rings. The SMILES string of the molecule is CC1CCCC(SCC(=O)Nc2cc(Cl)ccc2N)C1. The number of nitrogens with two attached hydrogens (primary N) is 1. The van der Waals surface area contributed by atoms with Crippen LogP contribution >= 0.6 is 23.4 Å². The number of rotatable bonds is 4. The summed E-state index contributed by atoms with van der Waals surface area (Å²) < 4.78 is 0. The maximum atomic E-state index is 12.0. The molecule has 0 aliphatic heterocycles. The van der Waals surface area contributed by atoms with Crippen LogP contribution in [0, 0.1) is 5.92 Å². The topological polar surface area (TPSA) is 55.1 Å². The lowest BCUT2D eigenvalue weighted by atomic mass is 9.91. The molecule has 2 unspecified atom stereocenters. The number of carbonyl (C=O) groups excluding carboxylic acids is 1. The van der Waals surface area contributed by atoms with E-state index in [0.717, 1.165) is 5.92 Å². The van der Waals surface area contributed by atoms with Crippen molar-refractivity contribution in [1.82, 2.24) is 0 Å². The quantitative estimate of drug-likeness (QED) is 0.820. The van der Waals surface area contributed by atoms with E-state index in [2.05, 4.69) is 12.2 Å². The van der Waals surface area contributed by atoms with E-state index < -0.39 is 0 Å². The molecule has 0 heterocycles. The van der Waals surface area contributed by atoms with Gasteiger partial charge in [-0.3, -0.25) is 4.79 Å². The lowest BCUT2D eigenvalue weighted by Gasteiger charge is -2.25. The number of amides is 1. The Labute approximate surface area is 129 Å². The van der Waals surface area contributed by atoms with Gasteiger partial charge in [-0.15, -0.1) is 11.8 Å². The van der Waals surface area contributed by atoms with E-state index >= 15 is 0 Å². The van der Waals surface area contributed by atoms with Crippen LogP contribution in [0.15, 0.2) is 18.2 Å². The minimum atomic E-state index is -0.0119. The number of nitrogen functional groups attached to an aromatic ring is 1. The van der Waals surface area contributed by atoms with Crippen LogP contribution < -0.4 is 11.1 Å². The van der Waals surface area contributed by atoms with Gasteiger partial charge in [-0.05, 0) is 37.0 Å². The summed E-state index contributed by atoms with van der Waals surface area (Å²) in [4.78, 5) is 12.0. The van der Waals surface area contributed by atoms with Gasteiger partial charge < -0.3 is 11.1 Å². The average Bonchev–Trinajstić information content (AvgIpc) is 2.41. The summed E-state index contributed by atoms with van der Waals surface area (Å²) in [5, 5.41) is 4.02. The Morgan fingerprint density at radius 3 is 3.05 bits per heavy atom. The van der Waals surface area contributed by atoms with Gasteiger partial charge >= 0.3 is 0 Å². The van der Waals surface area contributed by atoms with Crippen molar-refractivity contribution in [1.29, 1.82) is 0 Å². The second-order valence-electron chi connectivity index (χ2n) is 5.48. The first kappa shape index (κ1) is 15.5. The van der Waals surface area contributed by atoms with Gasteiger partial charge in [-0.1, -0.05) is 31.4 Å². The van der Waals surface area contributed by atoms with Gasteiger partial charge in [0, 0.05) is 10.3 Å². The molecule has 1 aromatic carbocycles. The minimum absolute atomic E-state index is 0.0119. The van der Waals surface area contributed by atoms with E-state index in [0.29, 0.717) is 27.4 Å². The number of hydrogen-bond donors (Lipinski definition) is 2. The standard InChI is InChI=1S/C15H21ClN2OS/c1-10-3-2-4-12(7-10)20-9-15(19)18-14-8-11(16)5-6-13(14)17/h5-6,8,10,12H,2-4,7,9,17H2,1H3,(H,18,19). The number of halogens is 1. The maximum Gasteiger partial charge on any atom is 0.234 e. The van der Waals surface area contributed by atoms with Crippen LogP contribution in [0.1, 0.15) is 32.6 Å². The van der Waals surface area contributed by atoms with Crippen molar-refractivity contribution in [2.45, 2.75) is 37.9 Å². The third kappa shape index (κ3) is 4.60. The van der Waals surface area contributed by atoms with Gasteiger partial charge in [0.15, 0.2) is 0 Å². The predicted molar refractivity (Wildman–Crippen MR) is 88.4 cm³/mol. The van der Waals surface area contributed by atoms with Gasteiger partial charge in [-0.25, -0.2) is 0 Å². The summed E-state index contributed by atoms with van der Waals surface area (Å²) in [5.41, 5.74) is 6.95. The molecule has 3 nitrogen and oxygen atoms in total. The predicted octanol–water partition coefficient (Wildman–Crippen LogP) is 4.17.